The number of hydrogen-bond acceptors (Lipinski definition) is 2. The van der Waals surface area contributed by atoms with Crippen molar-refractivity contribution < 1.29 is 9.53 Å². The van der Waals surface area contributed by atoms with Gasteiger partial charge < -0.3 is 15.0 Å². The standard InChI is InChI=1S/C8H18N2O2/c1-4-10(3)8(11)9-6-7-12-5-2/h4-7H2,1-3H3,(H,9,11). The lowest BCUT2D eigenvalue weighted by Gasteiger charge is -2.15. The Balaban J connectivity index is 3.31. The number of rotatable bonds is 5. The van der Waals surface area contributed by atoms with Gasteiger partial charge in [-0.15, -0.1) is 0 Å². The van der Waals surface area contributed by atoms with Crippen molar-refractivity contribution >= 4 is 6.03 Å². The lowest BCUT2D eigenvalue weighted by Crippen LogP contribution is -2.38. The first-order chi connectivity index (χ1) is 5.72. The Labute approximate surface area is 73.9 Å². The number of ether oxygens (including phenoxy) is 1. The van der Waals surface area contributed by atoms with Crippen molar-refractivity contribution in [3.05, 3.63) is 0 Å². The highest BCUT2D eigenvalue weighted by Crippen LogP contribution is 1.81. The first-order valence-corrected chi connectivity index (χ1v) is 4.29. The van der Waals surface area contributed by atoms with Crippen molar-refractivity contribution in [1.82, 2.24) is 10.2 Å². The number of nitrogens with one attached hydrogen (secondary N) is 1. The molecule has 0 atom stereocenters. The highest BCUT2D eigenvalue weighted by Gasteiger charge is 2.03. The van der Waals surface area contributed by atoms with E-state index in [9.17, 15) is 4.79 Å². The molecule has 0 aliphatic rings. The van der Waals surface area contributed by atoms with Gasteiger partial charge in [0.15, 0.2) is 0 Å². The van der Waals surface area contributed by atoms with Gasteiger partial charge in [0, 0.05) is 26.7 Å². The summed E-state index contributed by atoms with van der Waals surface area (Å²) in [6.45, 7) is 6.44. The van der Waals surface area contributed by atoms with Gasteiger partial charge in [-0.3, -0.25) is 0 Å². The van der Waals surface area contributed by atoms with Gasteiger partial charge >= 0.3 is 6.03 Å². The molecule has 0 unspecified atom stereocenters. The summed E-state index contributed by atoms with van der Waals surface area (Å²) in [6, 6.07) is -0.0443. The van der Waals surface area contributed by atoms with Crippen molar-refractivity contribution in [3.63, 3.8) is 0 Å². The molecular formula is C8H18N2O2. The summed E-state index contributed by atoms with van der Waals surface area (Å²) in [5.41, 5.74) is 0. The number of amides is 2. The van der Waals surface area contributed by atoms with E-state index in [2.05, 4.69) is 5.32 Å². The number of urea groups is 1. The number of hydrogen-bond donors (Lipinski definition) is 1. The maximum Gasteiger partial charge on any atom is 0.317 e. The van der Waals surface area contributed by atoms with E-state index in [0.717, 1.165) is 6.54 Å². The predicted molar refractivity (Wildman–Crippen MR) is 48.2 cm³/mol. The summed E-state index contributed by atoms with van der Waals surface area (Å²) in [6.07, 6.45) is 0. The minimum Gasteiger partial charge on any atom is -0.380 e. The molecule has 2 amide bonds. The first kappa shape index (κ1) is 11.2. The van der Waals surface area contributed by atoms with Crippen LogP contribution >= 0.6 is 0 Å². The second kappa shape index (κ2) is 6.91. The van der Waals surface area contributed by atoms with Crippen LogP contribution in [0.5, 0.6) is 0 Å². The fourth-order valence-corrected chi connectivity index (χ4v) is 0.653. The van der Waals surface area contributed by atoms with E-state index in [1.54, 1.807) is 11.9 Å². The van der Waals surface area contributed by atoms with E-state index in [1.165, 1.54) is 0 Å². The third kappa shape index (κ3) is 4.96. The molecule has 0 aliphatic heterocycles. The number of nitrogens with zero attached hydrogens (tertiary/aromatic N) is 1. The summed E-state index contributed by atoms with van der Waals surface area (Å²) in [5, 5.41) is 2.73. The Morgan fingerprint density at radius 3 is 2.67 bits per heavy atom. The SMILES string of the molecule is CCOCCNC(=O)N(C)CC. The van der Waals surface area contributed by atoms with Crippen LogP contribution in [0.1, 0.15) is 13.8 Å². The van der Waals surface area contributed by atoms with Gasteiger partial charge in [-0.1, -0.05) is 0 Å². The summed E-state index contributed by atoms with van der Waals surface area (Å²) in [5.74, 6) is 0. The molecule has 4 nitrogen and oxygen atoms in total. The van der Waals surface area contributed by atoms with Crippen LogP contribution in [0.25, 0.3) is 0 Å². The van der Waals surface area contributed by atoms with Crippen LogP contribution in [-0.4, -0.2) is 44.3 Å². The van der Waals surface area contributed by atoms with Gasteiger partial charge in [0.05, 0.1) is 6.61 Å². The first-order valence-electron chi connectivity index (χ1n) is 4.29. The molecule has 0 rings (SSSR count). The van der Waals surface area contributed by atoms with Gasteiger partial charge in [-0.05, 0) is 13.8 Å². The van der Waals surface area contributed by atoms with Gasteiger partial charge in [0.25, 0.3) is 0 Å². The van der Waals surface area contributed by atoms with Crippen LogP contribution in [0.3, 0.4) is 0 Å². The number of carbonyl (C=O) groups is 1. The van der Waals surface area contributed by atoms with Crippen molar-refractivity contribution in [1.29, 1.82) is 0 Å². The molecule has 0 saturated heterocycles. The molecule has 1 N–H and O–H groups in total. The molecule has 0 aromatic carbocycles. The Morgan fingerprint density at radius 1 is 1.50 bits per heavy atom. The average Bonchev–Trinajstić information content (AvgIpc) is 2.10. The van der Waals surface area contributed by atoms with Crippen molar-refractivity contribution in [3.8, 4) is 0 Å². The van der Waals surface area contributed by atoms with E-state index in [1.807, 2.05) is 13.8 Å². The fourth-order valence-electron chi connectivity index (χ4n) is 0.653. The molecule has 0 spiro atoms. The zero-order valence-electron chi connectivity index (χ0n) is 8.09. The second-order valence-electron chi connectivity index (χ2n) is 2.44. The van der Waals surface area contributed by atoms with Gasteiger partial charge in [-0.25, -0.2) is 4.79 Å². The van der Waals surface area contributed by atoms with Gasteiger partial charge in [-0.2, -0.15) is 0 Å². The maximum atomic E-state index is 11.1. The summed E-state index contributed by atoms with van der Waals surface area (Å²) < 4.78 is 5.06. The largest absolute Gasteiger partial charge is 0.380 e. The van der Waals surface area contributed by atoms with Crippen LogP contribution in [-0.2, 0) is 4.74 Å². The quantitative estimate of drug-likeness (QED) is 0.623. The van der Waals surface area contributed by atoms with Crippen molar-refractivity contribution in [2.75, 3.05) is 33.4 Å². The van der Waals surface area contributed by atoms with Crippen molar-refractivity contribution in [2.45, 2.75) is 13.8 Å². The topological polar surface area (TPSA) is 41.6 Å². The summed E-state index contributed by atoms with van der Waals surface area (Å²) in [7, 11) is 1.76. The highest BCUT2D eigenvalue weighted by molar-refractivity contribution is 5.73. The smallest absolute Gasteiger partial charge is 0.317 e. The zero-order valence-corrected chi connectivity index (χ0v) is 8.09. The molecule has 4 heteroatoms. The monoisotopic (exact) mass is 174 g/mol. The van der Waals surface area contributed by atoms with E-state index >= 15 is 0 Å². The van der Waals surface area contributed by atoms with Crippen LogP contribution in [0, 0.1) is 0 Å². The van der Waals surface area contributed by atoms with Crippen LogP contribution in [0.2, 0.25) is 0 Å². The predicted octanol–water partition coefficient (Wildman–Crippen LogP) is 0.684. The average molecular weight is 174 g/mol. The maximum absolute atomic E-state index is 11.1. The fraction of sp³-hybridized carbons (Fsp3) is 0.875. The molecule has 72 valence electrons. The molecule has 12 heavy (non-hydrogen) atoms. The highest BCUT2D eigenvalue weighted by atomic mass is 16.5. The molecule has 0 radical (unpaired) electrons. The summed E-state index contributed by atoms with van der Waals surface area (Å²) >= 11 is 0. The molecule has 0 bridgehead atoms. The molecular weight excluding hydrogens is 156 g/mol. The van der Waals surface area contributed by atoms with Crippen LogP contribution < -0.4 is 5.32 Å². The lowest BCUT2D eigenvalue weighted by atomic mass is 10.6. The number of carbonyl (C=O) groups excluding carboxylic acids is 1. The Morgan fingerprint density at radius 2 is 2.17 bits per heavy atom. The third-order valence-corrected chi connectivity index (χ3v) is 1.55. The van der Waals surface area contributed by atoms with E-state index in [0.29, 0.717) is 19.8 Å². The molecule has 0 aromatic rings. The molecule has 0 aliphatic carbocycles. The Bertz CT molecular complexity index is 128. The summed E-state index contributed by atoms with van der Waals surface area (Å²) in [4.78, 5) is 12.7. The van der Waals surface area contributed by atoms with E-state index < -0.39 is 0 Å². The minimum atomic E-state index is -0.0443. The van der Waals surface area contributed by atoms with E-state index in [-0.39, 0.29) is 6.03 Å². The minimum absolute atomic E-state index is 0.0443. The molecule has 0 aromatic heterocycles. The lowest BCUT2D eigenvalue weighted by molar-refractivity contribution is 0.147. The Hall–Kier alpha value is -0.770. The van der Waals surface area contributed by atoms with Gasteiger partial charge in [0.1, 0.15) is 0 Å². The Kier molecular flexibility index (Phi) is 6.47. The zero-order chi connectivity index (χ0) is 9.40. The van der Waals surface area contributed by atoms with Crippen LogP contribution in [0.4, 0.5) is 4.79 Å². The molecule has 0 fully saturated rings. The van der Waals surface area contributed by atoms with E-state index in [4.69, 9.17) is 4.74 Å². The van der Waals surface area contributed by atoms with Crippen LogP contribution in [0.15, 0.2) is 0 Å². The second-order valence-corrected chi connectivity index (χ2v) is 2.44. The van der Waals surface area contributed by atoms with Crippen molar-refractivity contribution in [2.24, 2.45) is 0 Å². The third-order valence-electron chi connectivity index (χ3n) is 1.55. The molecule has 0 heterocycles. The van der Waals surface area contributed by atoms with Gasteiger partial charge in [0.2, 0.25) is 0 Å². The molecule has 0 saturated carbocycles. The normalized spacial score (nSPS) is 9.58.